The maximum atomic E-state index is 11.3. The maximum absolute atomic E-state index is 11.3. The van der Waals surface area contributed by atoms with Crippen molar-refractivity contribution in [2.45, 2.75) is 18.8 Å². The molecule has 1 aliphatic carbocycles. The van der Waals surface area contributed by atoms with E-state index in [2.05, 4.69) is 20.9 Å². The van der Waals surface area contributed by atoms with Gasteiger partial charge in [0.15, 0.2) is 0 Å². The lowest BCUT2D eigenvalue weighted by atomic mass is 10.2. The van der Waals surface area contributed by atoms with E-state index in [0.29, 0.717) is 10.8 Å². The van der Waals surface area contributed by atoms with Crippen LogP contribution in [0.15, 0.2) is 22.7 Å². The Morgan fingerprint density at radius 2 is 2.25 bits per heavy atom. The molecule has 1 aromatic heterocycles. The normalized spacial score (nSPS) is 14.3. The van der Waals surface area contributed by atoms with Crippen LogP contribution in [-0.2, 0) is 0 Å². The summed E-state index contributed by atoms with van der Waals surface area (Å²) in [5.74, 6) is 0.147. The minimum atomic E-state index is -0.894. The molecular formula is C14H12BrNO3S. The molecular weight excluding hydrogens is 342 g/mol. The third-order valence-electron chi connectivity index (χ3n) is 3.22. The SMILES string of the molecule is COc1ccc(Br)c(-c2nc(C3CC3)c(C(=O)O)s2)c1. The number of ether oxygens (including phenoxy) is 1. The lowest BCUT2D eigenvalue weighted by Gasteiger charge is -2.04. The molecule has 0 bridgehead atoms. The van der Waals surface area contributed by atoms with Crippen molar-refractivity contribution in [1.29, 1.82) is 0 Å². The molecule has 1 saturated carbocycles. The zero-order valence-corrected chi connectivity index (χ0v) is 13.1. The fourth-order valence-corrected chi connectivity index (χ4v) is 3.62. The molecule has 4 nitrogen and oxygen atoms in total. The van der Waals surface area contributed by atoms with Crippen molar-refractivity contribution >= 4 is 33.2 Å². The molecule has 2 aromatic rings. The highest BCUT2D eigenvalue weighted by Crippen LogP contribution is 2.45. The number of carbonyl (C=O) groups is 1. The molecule has 0 atom stereocenters. The van der Waals surface area contributed by atoms with Crippen LogP contribution in [0.4, 0.5) is 0 Å². The van der Waals surface area contributed by atoms with Crippen LogP contribution >= 0.6 is 27.3 Å². The number of carboxylic acid groups (broad SMARTS) is 1. The number of aromatic carboxylic acids is 1. The second-order valence-corrected chi connectivity index (χ2v) is 6.51. The van der Waals surface area contributed by atoms with Crippen molar-refractivity contribution in [3.05, 3.63) is 33.2 Å². The first-order valence-electron chi connectivity index (χ1n) is 6.18. The van der Waals surface area contributed by atoms with Gasteiger partial charge >= 0.3 is 5.97 Å². The molecule has 104 valence electrons. The van der Waals surface area contributed by atoms with Crippen molar-refractivity contribution in [1.82, 2.24) is 4.98 Å². The monoisotopic (exact) mass is 353 g/mol. The number of methoxy groups -OCH3 is 1. The van der Waals surface area contributed by atoms with Crippen LogP contribution in [0.25, 0.3) is 10.6 Å². The van der Waals surface area contributed by atoms with E-state index in [9.17, 15) is 9.90 Å². The lowest BCUT2D eigenvalue weighted by Crippen LogP contribution is -1.97. The topological polar surface area (TPSA) is 59.4 Å². The summed E-state index contributed by atoms with van der Waals surface area (Å²) in [6.45, 7) is 0. The minimum Gasteiger partial charge on any atom is -0.497 e. The summed E-state index contributed by atoms with van der Waals surface area (Å²) in [6, 6.07) is 5.60. The predicted octanol–water partition coefficient (Wildman–Crippen LogP) is 4.16. The zero-order chi connectivity index (χ0) is 14.3. The Kier molecular flexibility index (Phi) is 3.52. The Balaban J connectivity index is 2.10. The lowest BCUT2D eigenvalue weighted by molar-refractivity contribution is 0.0700. The highest BCUT2D eigenvalue weighted by molar-refractivity contribution is 9.10. The molecule has 0 aliphatic heterocycles. The fourth-order valence-electron chi connectivity index (χ4n) is 2.03. The molecule has 6 heteroatoms. The van der Waals surface area contributed by atoms with Gasteiger partial charge in [0.25, 0.3) is 0 Å². The van der Waals surface area contributed by atoms with Crippen LogP contribution in [-0.4, -0.2) is 23.2 Å². The highest BCUT2D eigenvalue weighted by atomic mass is 79.9. The third kappa shape index (κ3) is 2.45. The number of carboxylic acids is 1. The Morgan fingerprint density at radius 1 is 1.50 bits per heavy atom. The summed E-state index contributed by atoms with van der Waals surface area (Å²) in [5, 5.41) is 10.0. The van der Waals surface area contributed by atoms with Gasteiger partial charge < -0.3 is 9.84 Å². The number of rotatable bonds is 4. The molecule has 0 spiro atoms. The van der Waals surface area contributed by atoms with Gasteiger partial charge in [-0.2, -0.15) is 0 Å². The molecule has 1 N–H and O–H groups in total. The molecule has 0 saturated heterocycles. The Bertz CT molecular complexity index is 679. The average molecular weight is 354 g/mol. The van der Waals surface area contributed by atoms with Crippen molar-refractivity contribution in [3.8, 4) is 16.3 Å². The largest absolute Gasteiger partial charge is 0.497 e. The summed E-state index contributed by atoms with van der Waals surface area (Å²) in [5.41, 5.74) is 1.59. The second-order valence-electron chi connectivity index (χ2n) is 4.66. The van der Waals surface area contributed by atoms with Crippen LogP contribution in [0, 0.1) is 0 Å². The maximum Gasteiger partial charge on any atom is 0.347 e. The van der Waals surface area contributed by atoms with E-state index in [4.69, 9.17) is 4.74 Å². The fraction of sp³-hybridized carbons (Fsp3) is 0.286. The summed E-state index contributed by atoms with van der Waals surface area (Å²) >= 11 is 4.71. The number of halogens is 1. The van der Waals surface area contributed by atoms with E-state index >= 15 is 0 Å². The molecule has 3 rings (SSSR count). The van der Waals surface area contributed by atoms with Gasteiger partial charge in [0.05, 0.1) is 12.8 Å². The Morgan fingerprint density at radius 3 is 2.85 bits per heavy atom. The van der Waals surface area contributed by atoms with E-state index in [1.165, 1.54) is 11.3 Å². The summed E-state index contributed by atoms with van der Waals surface area (Å²) in [4.78, 5) is 16.3. The van der Waals surface area contributed by atoms with Gasteiger partial charge in [-0.15, -0.1) is 11.3 Å². The van der Waals surface area contributed by atoms with E-state index < -0.39 is 5.97 Å². The molecule has 20 heavy (non-hydrogen) atoms. The third-order valence-corrected chi connectivity index (χ3v) is 5.00. The molecule has 0 radical (unpaired) electrons. The first-order chi connectivity index (χ1) is 9.60. The summed E-state index contributed by atoms with van der Waals surface area (Å²) in [7, 11) is 1.60. The van der Waals surface area contributed by atoms with Gasteiger partial charge in [-0.1, -0.05) is 15.9 Å². The second kappa shape index (κ2) is 5.18. The van der Waals surface area contributed by atoms with E-state index in [0.717, 1.165) is 39.3 Å². The molecule has 1 aliphatic rings. The zero-order valence-electron chi connectivity index (χ0n) is 10.7. The summed E-state index contributed by atoms with van der Waals surface area (Å²) < 4.78 is 6.10. The van der Waals surface area contributed by atoms with Crippen molar-refractivity contribution in [2.75, 3.05) is 7.11 Å². The first-order valence-corrected chi connectivity index (χ1v) is 7.79. The number of nitrogens with zero attached hydrogens (tertiary/aromatic N) is 1. The predicted molar refractivity (Wildman–Crippen MR) is 80.7 cm³/mol. The highest BCUT2D eigenvalue weighted by Gasteiger charge is 2.32. The van der Waals surface area contributed by atoms with Gasteiger partial charge in [0, 0.05) is 16.0 Å². The van der Waals surface area contributed by atoms with Crippen LogP contribution < -0.4 is 4.74 Å². The first kappa shape index (κ1) is 13.6. The molecule has 0 amide bonds. The molecule has 0 unspecified atom stereocenters. The quantitative estimate of drug-likeness (QED) is 0.896. The number of hydrogen-bond acceptors (Lipinski definition) is 4. The van der Waals surface area contributed by atoms with Crippen LogP contribution in [0.5, 0.6) is 5.75 Å². The van der Waals surface area contributed by atoms with Gasteiger partial charge in [-0.25, -0.2) is 9.78 Å². The number of hydrogen-bond donors (Lipinski definition) is 1. The van der Waals surface area contributed by atoms with Gasteiger partial charge in [0.1, 0.15) is 15.6 Å². The molecule has 1 heterocycles. The number of thiazole rings is 1. The van der Waals surface area contributed by atoms with Gasteiger partial charge in [-0.05, 0) is 31.0 Å². The Hall–Kier alpha value is -1.40. The number of aromatic nitrogens is 1. The van der Waals surface area contributed by atoms with E-state index in [1.807, 2.05) is 18.2 Å². The van der Waals surface area contributed by atoms with E-state index in [-0.39, 0.29) is 0 Å². The minimum absolute atomic E-state index is 0.315. The molecule has 1 aromatic carbocycles. The van der Waals surface area contributed by atoms with Crippen molar-refractivity contribution in [2.24, 2.45) is 0 Å². The van der Waals surface area contributed by atoms with E-state index in [1.54, 1.807) is 7.11 Å². The van der Waals surface area contributed by atoms with Crippen LogP contribution in [0.3, 0.4) is 0 Å². The standard InChI is InChI=1S/C14H12BrNO3S/c1-19-8-4-5-10(15)9(6-8)13-16-11(7-2-3-7)12(20-13)14(17)18/h4-7H,2-3H2,1H3,(H,17,18). The van der Waals surface area contributed by atoms with Gasteiger partial charge in [0.2, 0.25) is 0 Å². The Labute approximate surface area is 128 Å². The molecule has 1 fully saturated rings. The van der Waals surface area contributed by atoms with Crippen molar-refractivity contribution in [3.63, 3.8) is 0 Å². The van der Waals surface area contributed by atoms with Crippen LogP contribution in [0.1, 0.15) is 34.1 Å². The number of benzene rings is 1. The summed E-state index contributed by atoms with van der Waals surface area (Å²) in [6.07, 6.45) is 2.06. The average Bonchev–Trinajstić information content (AvgIpc) is 3.18. The van der Waals surface area contributed by atoms with Crippen LogP contribution in [0.2, 0.25) is 0 Å². The van der Waals surface area contributed by atoms with Crippen molar-refractivity contribution < 1.29 is 14.6 Å². The smallest absolute Gasteiger partial charge is 0.347 e. The van der Waals surface area contributed by atoms with Gasteiger partial charge in [-0.3, -0.25) is 0 Å².